The molecule has 36 heavy (non-hydrogen) atoms. The number of sulfonamides is 1. The zero-order valence-electron chi connectivity index (χ0n) is 19.6. The minimum atomic E-state index is -3.94. The number of aromatic nitrogens is 2. The van der Waals surface area contributed by atoms with Crippen molar-refractivity contribution in [1.82, 2.24) is 14.1 Å². The Labute approximate surface area is 218 Å². The molecule has 0 amide bonds. The Balaban J connectivity index is 1.57. The van der Waals surface area contributed by atoms with Gasteiger partial charge in [0, 0.05) is 18.3 Å². The van der Waals surface area contributed by atoms with Gasteiger partial charge in [0.2, 0.25) is 10.0 Å². The molecule has 4 rings (SSSR count). The predicted octanol–water partition coefficient (Wildman–Crippen LogP) is 5.38. The van der Waals surface area contributed by atoms with Crippen LogP contribution in [0.3, 0.4) is 0 Å². The van der Waals surface area contributed by atoms with Crippen LogP contribution in [0.2, 0.25) is 10.0 Å². The van der Waals surface area contributed by atoms with Crippen molar-refractivity contribution >= 4 is 39.2 Å². The second-order valence-electron chi connectivity index (χ2n) is 8.21. The quantitative estimate of drug-likeness (QED) is 0.346. The smallest absolute Gasteiger partial charge is 0.327 e. The first-order valence-electron chi connectivity index (χ1n) is 11.2. The zero-order chi connectivity index (χ0) is 26.0. The Bertz CT molecular complexity index is 1400. The first kappa shape index (κ1) is 26.4. The molecule has 0 saturated heterocycles. The van der Waals surface area contributed by atoms with Gasteiger partial charge in [-0.25, -0.2) is 12.8 Å². The Morgan fingerprint density at radius 2 is 1.89 bits per heavy atom. The standard InChI is InChI=1S/C24H24Cl2FN3O5S/c1-3-34-24(31)14-30-21-6-4-5-20(17(21)13-28-30)29(2)36(32,33)16-8-10-23(19(26)12-16)35-22-9-7-15(27)11-18(22)25/h7-13,20H,3-6,14H2,1-2H3/t20-/m1/s1. The molecule has 192 valence electrons. The highest BCUT2D eigenvalue weighted by atomic mass is 35.5. The summed E-state index contributed by atoms with van der Waals surface area (Å²) in [5, 5.41) is 4.42. The van der Waals surface area contributed by atoms with Crippen molar-refractivity contribution in [2.45, 2.75) is 43.7 Å². The first-order chi connectivity index (χ1) is 17.1. The van der Waals surface area contributed by atoms with Gasteiger partial charge >= 0.3 is 5.97 Å². The lowest BCUT2D eigenvalue weighted by Crippen LogP contribution is -2.33. The number of carbonyl (C=O) groups is 1. The van der Waals surface area contributed by atoms with Crippen molar-refractivity contribution in [1.29, 1.82) is 0 Å². The summed E-state index contributed by atoms with van der Waals surface area (Å²) in [7, 11) is -2.43. The number of benzene rings is 2. The molecule has 0 radical (unpaired) electrons. The monoisotopic (exact) mass is 555 g/mol. The molecule has 1 heterocycles. The lowest BCUT2D eigenvalue weighted by atomic mass is 9.93. The maximum atomic E-state index is 13.5. The summed E-state index contributed by atoms with van der Waals surface area (Å²) in [6.45, 7) is 1.98. The van der Waals surface area contributed by atoms with E-state index < -0.39 is 27.9 Å². The maximum absolute atomic E-state index is 13.5. The fraction of sp³-hybridized carbons (Fsp3) is 0.333. The van der Waals surface area contributed by atoms with Crippen molar-refractivity contribution in [3.63, 3.8) is 0 Å². The van der Waals surface area contributed by atoms with E-state index in [1.807, 2.05) is 0 Å². The van der Waals surface area contributed by atoms with Gasteiger partial charge in [-0.3, -0.25) is 9.48 Å². The highest BCUT2D eigenvalue weighted by molar-refractivity contribution is 7.89. The van der Waals surface area contributed by atoms with Crippen molar-refractivity contribution in [3.8, 4) is 11.5 Å². The van der Waals surface area contributed by atoms with Crippen LogP contribution in [0, 0.1) is 5.82 Å². The van der Waals surface area contributed by atoms with Crippen LogP contribution < -0.4 is 4.74 Å². The molecular weight excluding hydrogens is 532 g/mol. The van der Waals surface area contributed by atoms with Crippen LogP contribution in [0.15, 0.2) is 47.5 Å². The van der Waals surface area contributed by atoms with Gasteiger partial charge < -0.3 is 9.47 Å². The molecule has 0 aliphatic heterocycles. The molecular formula is C24H24Cl2FN3O5S. The summed E-state index contributed by atoms with van der Waals surface area (Å²) in [6, 6.07) is 7.30. The van der Waals surface area contributed by atoms with Crippen LogP contribution in [0.25, 0.3) is 0 Å². The lowest BCUT2D eigenvalue weighted by molar-refractivity contribution is -0.144. The summed E-state index contributed by atoms with van der Waals surface area (Å²) < 4.78 is 53.8. The van der Waals surface area contributed by atoms with Gasteiger partial charge in [-0.15, -0.1) is 0 Å². The van der Waals surface area contributed by atoms with Gasteiger partial charge in [-0.1, -0.05) is 23.2 Å². The predicted molar refractivity (Wildman–Crippen MR) is 132 cm³/mol. The molecule has 0 unspecified atom stereocenters. The Hall–Kier alpha value is -2.66. The van der Waals surface area contributed by atoms with Gasteiger partial charge in [0.15, 0.2) is 0 Å². The number of fused-ring (bicyclic) bond motifs is 1. The molecule has 3 aromatic rings. The molecule has 8 nitrogen and oxygen atoms in total. The summed E-state index contributed by atoms with van der Waals surface area (Å²) in [5.74, 6) is -0.556. The molecule has 1 atom stereocenters. The zero-order valence-corrected chi connectivity index (χ0v) is 21.9. The van der Waals surface area contributed by atoms with Crippen LogP contribution in [0.4, 0.5) is 4.39 Å². The van der Waals surface area contributed by atoms with E-state index in [4.69, 9.17) is 32.7 Å². The molecule has 1 aliphatic rings. The first-order valence-corrected chi connectivity index (χ1v) is 13.4. The molecule has 12 heteroatoms. The highest BCUT2D eigenvalue weighted by Crippen LogP contribution is 2.39. The van der Waals surface area contributed by atoms with Crippen molar-refractivity contribution in [2.75, 3.05) is 13.7 Å². The summed E-state index contributed by atoms with van der Waals surface area (Å²) >= 11 is 12.3. The highest BCUT2D eigenvalue weighted by Gasteiger charge is 2.34. The average molecular weight is 556 g/mol. The van der Waals surface area contributed by atoms with Crippen LogP contribution in [-0.4, -0.2) is 42.1 Å². The minimum absolute atomic E-state index is 0.0152. The minimum Gasteiger partial charge on any atom is -0.465 e. The molecule has 0 saturated carbocycles. The van der Waals surface area contributed by atoms with Gasteiger partial charge in [0.1, 0.15) is 23.9 Å². The SMILES string of the molecule is CCOC(=O)Cn1ncc2c1CCC[C@H]2N(C)S(=O)(=O)c1ccc(Oc2ccc(F)cc2Cl)c(Cl)c1. The Morgan fingerprint density at radius 3 is 2.56 bits per heavy atom. The fourth-order valence-corrected chi connectivity index (χ4v) is 6.06. The number of ether oxygens (including phenoxy) is 2. The van der Waals surface area contributed by atoms with Crippen molar-refractivity contribution in [2.24, 2.45) is 0 Å². The van der Waals surface area contributed by atoms with Gasteiger partial charge in [0.05, 0.1) is 33.8 Å². The summed E-state index contributed by atoms with van der Waals surface area (Å²) in [4.78, 5) is 11.9. The van der Waals surface area contributed by atoms with Crippen LogP contribution in [0.5, 0.6) is 11.5 Å². The van der Waals surface area contributed by atoms with Crippen molar-refractivity contribution in [3.05, 3.63) is 69.7 Å². The lowest BCUT2D eigenvalue weighted by Gasteiger charge is -2.31. The Morgan fingerprint density at radius 1 is 1.19 bits per heavy atom. The number of nitrogens with zero attached hydrogens (tertiary/aromatic N) is 3. The molecule has 1 aromatic heterocycles. The number of carbonyl (C=O) groups excluding carboxylic acids is 1. The molecule has 0 bridgehead atoms. The van der Waals surface area contributed by atoms with E-state index in [1.165, 1.54) is 41.7 Å². The van der Waals surface area contributed by atoms with Gasteiger partial charge in [-0.2, -0.15) is 9.40 Å². The van der Waals surface area contributed by atoms with E-state index >= 15 is 0 Å². The topological polar surface area (TPSA) is 90.7 Å². The number of hydrogen-bond donors (Lipinski definition) is 0. The third-order valence-electron chi connectivity index (χ3n) is 5.95. The number of hydrogen-bond acceptors (Lipinski definition) is 6. The molecule has 0 N–H and O–H groups in total. The maximum Gasteiger partial charge on any atom is 0.327 e. The van der Waals surface area contributed by atoms with E-state index in [9.17, 15) is 17.6 Å². The Kier molecular flexibility index (Phi) is 7.89. The number of esters is 1. The van der Waals surface area contributed by atoms with Gasteiger partial charge in [-0.05, 0) is 62.6 Å². The summed E-state index contributed by atoms with van der Waals surface area (Å²) in [6.07, 6.45) is 3.63. The third-order valence-corrected chi connectivity index (χ3v) is 8.40. The van der Waals surface area contributed by atoms with Crippen LogP contribution >= 0.6 is 23.2 Å². The van der Waals surface area contributed by atoms with Gasteiger partial charge in [0.25, 0.3) is 0 Å². The normalized spacial score (nSPS) is 15.6. The average Bonchev–Trinajstić information content (AvgIpc) is 3.24. The van der Waals surface area contributed by atoms with E-state index in [2.05, 4.69) is 5.10 Å². The summed E-state index contributed by atoms with van der Waals surface area (Å²) in [5.41, 5.74) is 1.58. The molecule has 0 fully saturated rings. The van der Waals surface area contributed by atoms with Crippen molar-refractivity contribution < 1.29 is 27.1 Å². The molecule has 0 spiro atoms. The van der Waals surface area contributed by atoms with Crippen LogP contribution in [0.1, 0.15) is 37.1 Å². The van der Waals surface area contributed by atoms with Crippen LogP contribution in [-0.2, 0) is 32.5 Å². The third kappa shape index (κ3) is 5.36. The van der Waals surface area contributed by atoms with E-state index in [0.717, 1.165) is 23.7 Å². The number of halogens is 3. The second-order valence-corrected chi connectivity index (χ2v) is 11.0. The second kappa shape index (κ2) is 10.8. The fourth-order valence-electron chi connectivity index (χ4n) is 4.17. The number of rotatable bonds is 8. The largest absolute Gasteiger partial charge is 0.465 e. The molecule has 2 aromatic carbocycles. The van der Waals surface area contributed by atoms with E-state index in [-0.39, 0.29) is 39.6 Å². The molecule has 1 aliphatic carbocycles. The van der Waals surface area contributed by atoms with E-state index in [1.54, 1.807) is 17.8 Å². The van der Waals surface area contributed by atoms with E-state index in [0.29, 0.717) is 12.8 Å².